The molecule has 2 heterocycles. The van der Waals surface area contributed by atoms with Crippen LogP contribution in [0.15, 0.2) is 17.5 Å². The minimum atomic E-state index is 0.498. The molecule has 0 amide bonds. The van der Waals surface area contributed by atoms with Gasteiger partial charge in [0.1, 0.15) is 11.6 Å². The molecule has 0 saturated carbocycles. The van der Waals surface area contributed by atoms with Crippen LogP contribution in [-0.4, -0.2) is 9.97 Å². The zero-order valence-corrected chi connectivity index (χ0v) is 10.5. The summed E-state index contributed by atoms with van der Waals surface area (Å²) in [5.41, 5.74) is 6.57. The van der Waals surface area contributed by atoms with Crippen LogP contribution in [0, 0.1) is 0 Å². The molecule has 0 bridgehead atoms. The fourth-order valence-corrected chi connectivity index (χ4v) is 2.56. The maximum atomic E-state index is 6.07. The van der Waals surface area contributed by atoms with E-state index < -0.39 is 0 Å². The number of nitrogens with zero attached hydrogens (tertiary/aromatic N) is 2. The fraction of sp³-hybridized carbons (Fsp3) is 0.273. The molecule has 2 N–H and O–H groups in total. The molecule has 0 unspecified atom stereocenters. The average molecular weight is 254 g/mol. The van der Waals surface area contributed by atoms with Gasteiger partial charge in [-0.2, -0.15) is 0 Å². The number of aromatic nitrogens is 2. The Labute approximate surface area is 103 Å². The highest BCUT2D eigenvalue weighted by Crippen LogP contribution is 2.32. The number of hydrogen-bond acceptors (Lipinski definition) is 4. The van der Waals surface area contributed by atoms with Crippen LogP contribution in [0.25, 0.3) is 10.6 Å². The van der Waals surface area contributed by atoms with Gasteiger partial charge in [-0.25, -0.2) is 9.97 Å². The highest BCUT2D eigenvalue weighted by Gasteiger charge is 2.09. The number of thiophene rings is 1. The van der Waals surface area contributed by atoms with Crippen LogP contribution in [0.1, 0.15) is 19.2 Å². The summed E-state index contributed by atoms with van der Waals surface area (Å²) in [6, 6.07) is 3.62. The van der Waals surface area contributed by atoms with Crippen molar-refractivity contribution in [3.05, 3.63) is 28.4 Å². The van der Waals surface area contributed by atoms with E-state index in [9.17, 15) is 0 Å². The van der Waals surface area contributed by atoms with Crippen molar-refractivity contribution in [3.8, 4) is 10.6 Å². The molecule has 0 atom stereocenters. The first-order valence-corrected chi connectivity index (χ1v) is 6.33. The normalized spacial score (nSPS) is 10.6. The summed E-state index contributed by atoms with van der Waals surface area (Å²) in [7, 11) is 0. The number of anilines is 1. The van der Waals surface area contributed by atoms with Crippen LogP contribution in [0.2, 0.25) is 5.02 Å². The standard InChI is InChI=1S/C11H12ClN3S/c1-2-3-10-14-8(6-9(13)15-10)11-7(12)4-5-16-11/h4-6H,2-3H2,1H3,(H2,13,14,15). The Hall–Kier alpha value is -1.13. The smallest absolute Gasteiger partial charge is 0.131 e. The second kappa shape index (κ2) is 4.80. The van der Waals surface area contributed by atoms with Gasteiger partial charge in [0, 0.05) is 12.5 Å². The Balaban J connectivity index is 2.45. The SMILES string of the molecule is CCCc1nc(N)cc(-c2sccc2Cl)n1. The van der Waals surface area contributed by atoms with Gasteiger partial charge in [0.15, 0.2) is 0 Å². The summed E-state index contributed by atoms with van der Waals surface area (Å²) in [6.07, 6.45) is 1.84. The summed E-state index contributed by atoms with van der Waals surface area (Å²) < 4.78 is 0. The van der Waals surface area contributed by atoms with Gasteiger partial charge in [0.05, 0.1) is 15.6 Å². The second-order valence-corrected chi connectivity index (χ2v) is 4.77. The molecule has 0 aliphatic carbocycles. The van der Waals surface area contributed by atoms with Crippen LogP contribution in [-0.2, 0) is 6.42 Å². The Morgan fingerprint density at radius 1 is 1.44 bits per heavy atom. The van der Waals surface area contributed by atoms with Gasteiger partial charge in [0.2, 0.25) is 0 Å². The first-order chi connectivity index (χ1) is 7.70. The lowest BCUT2D eigenvalue weighted by Crippen LogP contribution is -2.00. The van der Waals surface area contributed by atoms with Crippen molar-refractivity contribution in [1.29, 1.82) is 0 Å². The van der Waals surface area contributed by atoms with E-state index in [1.54, 1.807) is 17.4 Å². The lowest BCUT2D eigenvalue weighted by Gasteiger charge is -2.03. The highest BCUT2D eigenvalue weighted by molar-refractivity contribution is 7.14. The van der Waals surface area contributed by atoms with Crippen LogP contribution < -0.4 is 5.73 Å². The van der Waals surface area contributed by atoms with Crippen molar-refractivity contribution in [2.75, 3.05) is 5.73 Å². The van der Waals surface area contributed by atoms with Crippen molar-refractivity contribution >= 4 is 28.8 Å². The van der Waals surface area contributed by atoms with Gasteiger partial charge in [-0.05, 0) is 17.9 Å². The van der Waals surface area contributed by atoms with Gasteiger partial charge in [-0.1, -0.05) is 18.5 Å². The summed E-state index contributed by atoms with van der Waals surface area (Å²) in [5.74, 6) is 1.28. The van der Waals surface area contributed by atoms with Gasteiger partial charge < -0.3 is 5.73 Å². The second-order valence-electron chi connectivity index (χ2n) is 3.44. The van der Waals surface area contributed by atoms with Crippen molar-refractivity contribution in [2.24, 2.45) is 0 Å². The van der Waals surface area contributed by atoms with E-state index in [2.05, 4.69) is 16.9 Å². The molecule has 3 nitrogen and oxygen atoms in total. The third-order valence-electron chi connectivity index (χ3n) is 2.12. The molecule has 0 spiro atoms. The molecule has 5 heteroatoms. The number of rotatable bonds is 3. The molecular weight excluding hydrogens is 242 g/mol. The van der Waals surface area contributed by atoms with E-state index in [1.807, 2.05) is 11.4 Å². The van der Waals surface area contributed by atoms with Crippen molar-refractivity contribution in [2.45, 2.75) is 19.8 Å². The number of halogens is 1. The monoisotopic (exact) mass is 253 g/mol. The Morgan fingerprint density at radius 2 is 2.25 bits per heavy atom. The molecular formula is C11H12ClN3S. The van der Waals surface area contributed by atoms with E-state index in [0.717, 1.165) is 29.2 Å². The molecule has 84 valence electrons. The zero-order chi connectivity index (χ0) is 11.5. The Kier molecular flexibility index (Phi) is 3.41. The molecule has 0 radical (unpaired) electrons. The van der Waals surface area contributed by atoms with E-state index in [0.29, 0.717) is 10.8 Å². The minimum Gasteiger partial charge on any atom is -0.384 e. The quantitative estimate of drug-likeness (QED) is 0.912. The topological polar surface area (TPSA) is 51.8 Å². The Bertz CT molecular complexity index is 496. The first-order valence-electron chi connectivity index (χ1n) is 5.07. The van der Waals surface area contributed by atoms with Gasteiger partial charge in [0.25, 0.3) is 0 Å². The lowest BCUT2D eigenvalue weighted by molar-refractivity contribution is 0.840. The van der Waals surface area contributed by atoms with E-state index in [4.69, 9.17) is 17.3 Å². The van der Waals surface area contributed by atoms with Crippen LogP contribution >= 0.6 is 22.9 Å². The van der Waals surface area contributed by atoms with Crippen LogP contribution in [0.3, 0.4) is 0 Å². The predicted octanol–water partition coefficient (Wildman–Crippen LogP) is 3.39. The van der Waals surface area contributed by atoms with E-state index >= 15 is 0 Å². The van der Waals surface area contributed by atoms with Gasteiger partial charge in [-0.15, -0.1) is 11.3 Å². The number of nitrogens with two attached hydrogens (primary N) is 1. The third kappa shape index (κ3) is 2.33. The summed E-state index contributed by atoms with van der Waals surface area (Å²) in [6.45, 7) is 2.09. The molecule has 2 rings (SSSR count). The minimum absolute atomic E-state index is 0.498. The fourth-order valence-electron chi connectivity index (χ4n) is 1.45. The van der Waals surface area contributed by atoms with Gasteiger partial charge in [-0.3, -0.25) is 0 Å². The van der Waals surface area contributed by atoms with Crippen LogP contribution in [0.5, 0.6) is 0 Å². The highest BCUT2D eigenvalue weighted by atomic mass is 35.5. The lowest BCUT2D eigenvalue weighted by atomic mass is 10.3. The maximum Gasteiger partial charge on any atom is 0.131 e. The first kappa shape index (κ1) is 11.4. The summed E-state index contributed by atoms with van der Waals surface area (Å²) >= 11 is 7.63. The molecule has 0 fully saturated rings. The molecule has 2 aromatic rings. The van der Waals surface area contributed by atoms with Crippen molar-refractivity contribution < 1.29 is 0 Å². The van der Waals surface area contributed by atoms with Gasteiger partial charge >= 0.3 is 0 Å². The Morgan fingerprint density at radius 3 is 2.88 bits per heavy atom. The zero-order valence-electron chi connectivity index (χ0n) is 8.90. The number of aryl methyl sites for hydroxylation is 1. The van der Waals surface area contributed by atoms with Crippen molar-refractivity contribution in [3.63, 3.8) is 0 Å². The summed E-state index contributed by atoms with van der Waals surface area (Å²) in [5, 5.41) is 2.65. The van der Waals surface area contributed by atoms with E-state index in [1.165, 1.54) is 0 Å². The molecule has 2 aromatic heterocycles. The van der Waals surface area contributed by atoms with Crippen LogP contribution in [0.4, 0.5) is 5.82 Å². The maximum absolute atomic E-state index is 6.07. The molecule has 0 saturated heterocycles. The summed E-state index contributed by atoms with van der Waals surface area (Å²) in [4.78, 5) is 9.60. The third-order valence-corrected chi connectivity index (χ3v) is 3.48. The van der Waals surface area contributed by atoms with Crippen molar-refractivity contribution in [1.82, 2.24) is 9.97 Å². The average Bonchev–Trinajstić information content (AvgIpc) is 2.64. The number of nitrogen functional groups attached to an aromatic ring is 1. The molecule has 0 aliphatic rings. The molecule has 0 aromatic carbocycles. The number of hydrogen-bond donors (Lipinski definition) is 1. The van der Waals surface area contributed by atoms with E-state index in [-0.39, 0.29) is 0 Å². The molecule has 0 aliphatic heterocycles. The predicted molar refractivity (Wildman–Crippen MR) is 68.8 cm³/mol. The molecule has 16 heavy (non-hydrogen) atoms. The largest absolute Gasteiger partial charge is 0.384 e.